The van der Waals surface area contributed by atoms with Gasteiger partial charge in [0, 0.05) is 11.6 Å². The Bertz CT molecular complexity index is 699. The monoisotopic (exact) mass is 330 g/mol. The van der Waals surface area contributed by atoms with E-state index in [1.54, 1.807) is 6.07 Å². The van der Waals surface area contributed by atoms with Crippen molar-refractivity contribution < 1.29 is 14.6 Å². The van der Waals surface area contributed by atoms with Crippen molar-refractivity contribution in [1.29, 1.82) is 0 Å². The molecule has 0 radical (unpaired) electrons. The van der Waals surface area contributed by atoms with Crippen molar-refractivity contribution in [2.24, 2.45) is 0 Å². The summed E-state index contributed by atoms with van der Waals surface area (Å²) < 4.78 is 13.4. The molecule has 0 fully saturated rings. The predicted molar refractivity (Wildman–Crippen MR) is 97.0 cm³/mol. The molecule has 0 aromatic heterocycles. The molecule has 2 aromatic rings. The summed E-state index contributed by atoms with van der Waals surface area (Å²) in [6.07, 6.45) is 0.783. The second kappa shape index (κ2) is 7.35. The molecule has 0 saturated carbocycles. The lowest BCUT2D eigenvalue weighted by atomic mass is 9.80. The van der Waals surface area contributed by atoms with E-state index in [4.69, 9.17) is 0 Å². The molecule has 0 spiro atoms. The fourth-order valence-electron chi connectivity index (χ4n) is 3.44. The van der Waals surface area contributed by atoms with Crippen LogP contribution in [0.1, 0.15) is 68.7 Å². The first kappa shape index (κ1) is 18.5. The van der Waals surface area contributed by atoms with E-state index in [9.17, 15) is 14.6 Å². The topological polar surface area (TPSA) is 40.5 Å². The highest BCUT2D eigenvalue weighted by molar-refractivity contribution is 5.78. The van der Waals surface area contributed by atoms with Crippen LogP contribution < -0.4 is 0 Å². The van der Waals surface area contributed by atoms with E-state index in [0.29, 0.717) is 11.5 Å². The van der Waals surface area contributed by atoms with Gasteiger partial charge in [-0.1, -0.05) is 40.7 Å². The Balaban J connectivity index is 2.94. The quantitative estimate of drug-likeness (QED) is 0.760. The maximum Gasteiger partial charge on any atom is 0.126 e. The second-order valence-corrected chi connectivity index (χ2v) is 6.87. The molecule has 0 atom stereocenters. The molecule has 0 aliphatic rings. The van der Waals surface area contributed by atoms with E-state index in [1.807, 2.05) is 0 Å². The lowest BCUT2D eigenvalue weighted by molar-refractivity contribution is 0.280. The van der Waals surface area contributed by atoms with Gasteiger partial charge in [0.05, 0.1) is 6.61 Å². The normalized spacial score (nSPS) is 11.5. The van der Waals surface area contributed by atoms with Crippen LogP contribution in [0, 0.1) is 5.82 Å². The van der Waals surface area contributed by atoms with Crippen LogP contribution in [0.15, 0.2) is 24.3 Å². The van der Waals surface area contributed by atoms with E-state index >= 15 is 0 Å². The number of benzene rings is 2. The predicted octanol–water partition coefficient (Wildman–Crippen LogP) is 5.50. The van der Waals surface area contributed by atoms with Crippen LogP contribution in [0.25, 0.3) is 11.1 Å². The summed E-state index contributed by atoms with van der Waals surface area (Å²) in [4.78, 5) is 0. The number of aromatic hydroxyl groups is 1. The minimum atomic E-state index is -0.469. The van der Waals surface area contributed by atoms with Crippen LogP contribution in [-0.4, -0.2) is 10.2 Å². The highest BCUT2D eigenvalue weighted by Gasteiger charge is 2.22. The van der Waals surface area contributed by atoms with Crippen molar-refractivity contribution in [3.8, 4) is 16.9 Å². The van der Waals surface area contributed by atoms with Gasteiger partial charge in [0.15, 0.2) is 0 Å². The van der Waals surface area contributed by atoms with Gasteiger partial charge >= 0.3 is 0 Å². The number of phenolic OH excluding ortho intramolecular Hbond substituents is 1. The van der Waals surface area contributed by atoms with Gasteiger partial charge in [0.2, 0.25) is 0 Å². The first-order valence-electron chi connectivity index (χ1n) is 8.60. The Morgan fingerprint density at radius 2 is 1.54 bits per heavy atom. The number of hydrogen-bond acceptors (Lipinski definition) is 2. The van der Waals surface area contributed by atoms with Gasteiger partial charge in [-0.3, -0.25) is 0 Å². The van der Waals surface area contributed by atoms with Crippen molar-refractivity contribution in [2.45, 2.75) is 59.5 Å². The highest BCUT2D eigenvalue weighted by Crippen LogP contribution is 2.41. The Morgan fingerprint density at radius 1 is 0.958 bits per heavy atom. The van der Waals surface area contributed by atoms with Gasteiger partial charge < -0.3 is 10.2 Å². The molecule has 24 heavy (non-hydrogen) atoms. The molecule has 2 aromatic carbocycles. The number of hydrogen-bond donors (Lipinski definition) is 2. The van der Waals surface area contributed by atoms with Crippen molar-refractivity contribution in [1.82, 2.24) is 0 Å². The summed E-state index contributed by atoms with van der Waals surface area (Å²) in [5, 5.41) is 20.4. The standard InChI is InChI=1S/C21H27FO2/c1-6-15-17(12(2)3)10-18(13(4)5)19(11-23)21(15)16-8-7-14(22)9-20(16)24/h7-10,12-13,23-24H,6,11H2,1-5H3. The molecule has 0 heterocycles. The number of phenols is 1. The molecule has 0 saturated heterocycles. The molecule has 2 nitrogen and oxygen atoms in total. The van der Waals surface area contributed by atoms with Gasteiger partial charge in [-0.05, 0) is 58.2 Å². The highest BCUT2D eigenvalue weighted by atomic mass is 19.1. The fraction of sp³-hybridized carbons (Fsp3) is 0.429. The summed E-state index contributed by atoms with van der Waals surface area (Å²) in [5.74, 6) is 0.0161. The second-order valence-electron chi connectivity index (χ2n) is 6.87. The van der Waals surface area contributed by atoms with Crippen LogP contribution in [0.2, 0.25) is 0 Å². The zero-order valence-electron chi connectivity index (χ0n) is 15.2. The molecular formula is C21H27FO2. The van der Waals surface area contributed by atoms with Gasteiger partial charge in [0.25, 0.3) is 0 Å². The lowest BCUT2D eigenvalue weighted by Crippen LogP contribution is -2.08. The third-order valence-corrected chi connectivity index (χ3v) is 4.60. The van der Waals surface area contributed by atoms with Gasteiger partial charge in [-0.25, -0.2) is 4.39 Å². The van der Waals surface area contributed by atoms with Crippen molar-refractivity contribution in [3.63, 3.8) is 0 Å². The van der Waals surface area contributed by atoms with Crippen molar-refractivity contribution in [2.75, 3.05) is 0 Å². The molecule has 2 rings (SSSR count). The average Bonchev–Trinajstić information content (AvgIpc) is 2.52. The summed E-state index contributed by atoms with van der Waals surface area (Å²) in [7, 11) is 0. The maximum atomic E-state index is 13.4. The molecule has 0 aliphatic carbocycles. The Labute approximate surface area is 144 Å². The van der Waals surface area contributed by atoms with Crippen LogP contribution in [-0.2, 0) is 13.0 Å². The van der Waals surface area contributed by atoms with Gasteiger partial charge in [-0.2, -0.15) is 0 Å². The smallest absolute Gasteiger partial charge is 0.126 e. The molecule has 0 amide bonds. The van der Waals surface area contributed by atoms with E-state index < -0.39 is 5.82 Å². The summed E-state index contributed by atoms with van der Waals surface area (Å²) in [5.41, 5.74) is 5.68. The van der Waals surface area contributed by atoms with Crippen LogP contribution in [0.3, 0.4) is 0 Å². The number of aliphatic hydroxyl groups is 1. The zero-order chi connectivity index (χ0) is 18.0. The number of halogens is 1. The van der Waals surface area contributed by atoms with E-state index in [1.165, 1.54) is 11.6 Å². The van der Waals surface area contributed by atoms with Crippen LogP contribution in [0.5, 0.6) is 5.75 Å². The molecule has 0 bridgehead atoms. The molecule has 0 aliphatic heterocycles. The third-order valence-electron chi connectivity index (χ3n) is 4.60. The molecule has 2 N–H and O–H groups in total. The van der Waals surface area contributed by atoms with E-state index in [2.05, 4.69) is 40.7 Å². The third kappa shape index (κ3) is 3.32. The minimum absolute atomic E-state index is 0.0880. The van der Waals surface area contributed by atoms with Crippen molar-refractivity contribution in [3.05, 3.63) is 52.3 Å². The SMILES string of the molecule is CCc1c(C(C)C)cc(C(C)C)c(CO)c1-c1ccc(F)cc1O. The van der Waals surface area contributed by atoms with Crippen LogP contribution in [0.4, 0.5) is 4.39 Å². The fourth-order valence-corrected chi connectivity index (χ4v) is 3.44. The van der Waals surface area contributed by atoms with E-state index in [0.717, 1.165) is 34.7 Å². The minimum Gasteiger partial charge on any atom is -0.507 e. The summed E-state index contributed by atoms with van der Waals surface area (Å²) in [6.45, 7) is 10.4. The Hall–Kier alpha value is -1.87. The summed E-state index contributed by atoms with van der Waals surface area (Å²) >= 11 is 0. The molecule has 3 heteroatoms. The molecular weight excluding hydrogens is 303 g/mol. The van der Waals surface area contributed by atoms with Crippen LogP contribution >= 0.6 is 0 Å². The zero-order valence-corrected chi connectivity index (χ0v) is 15.2. The largest absolute Gasteiger partial charge is 0.507 e. The van der Waals surface area contributed by atoms with Crippen molar-refractivity contribution >= 4 is 0 Å². The van der Waals surface area contributed by atoms with Gasteiger partial charge in [-0.15, -0.1) is 0 Å². The molecule has 130 valence electrons. The van der Waals surface area contributed by atoms with E-state index in [-0.39, 0.29) is 18.3 Å². The Kier molecular flexibility index (Phi) is 5.66. The first-order valence-corrected chi connectivity index (χ1v) is 8.60. The number of rotatable bonds is 5. The average molecular weight is 330 g/mol. The first-order chi connectivity index (χ1) is 11.3. The number of aliphatic hydroxyl groups excluding tert-OH is 1. The van der Waals surface area contributed by atoms with Gasteiger partial charge in [0.1, 0.15) is 11.6 Å². The lowest BCUT2D eigenvalue weighted by Gasteiger charge is -2.25. The summed E-state index contributed by atoms with van der Waals surface area (Å²) in [6, 6.07) is 6.27. The maximum absolute atomic E-state index is 13.4. The Morgan fingerprint density at radius 3 is 2.00 bits per heavy atom. The molecule has 0 unspecified atom stereocenters.